The smallest absolute Gasteiger partial charge is 0.383 e. The SMILES string of the molecule is CCOC(=O)C(F)(F)c1c(-c2ccc(C(=O)OCc3ccccc3)cc2)c2c(OCc3ccccc3)cccc2n1-c1ccc(F)cc1. The summed E-state index contributed by atoms with van der Waals surface area (Å²) in [4.78, 5) is 25.9. The molecule has 1 aromatic heterocycles. The van der Waals surface area contributed by atoms with Crippen LogP contribution in [0.2, 0.25) is 0 Å². The van der Waals surface area contributed by atoms with Gasteiger partial charge in [0.05, 0.1) is 23.1 Å². The van der Waals surface area contributed by atoms with Gasteiger partial charge in [0.25, 0.3) is 0 Å². The molecule has 0 bridgehead atoms. The molecule has 242 valence electrons. The number of benzene rings is 5. The maximum Gasteiger partial charge on any atom is 0.383 e. The van der Waals surface area contributed by atoms with Crippen LogP contribution in [0.1, 0.15) is 34.1 Å². The second kappa shape index (κ2) is 13.9. The van der Waals surface area contributed by atoms with Crippen molar-refractivity contribution in [3.8, 4) is 22.6 Å². The van der Waals surface area contributed by atoms with Crippen molar-refractivity contribution < 1.29 is 37.0 Å². The molecule has 0 fully saturated rings. The summed E-state index contributed by atoms with van der Waals surface area (Å²) < 4.78 is 64.8. The van der Waals surface area contributed by atoms with E-state index in [1.54, 1.807) is 18.2 Å². The van der Waals surface area contributed by atoms with Gasteiger partial charge in [-0.2, -0.15) is 8.78 Å². The van der Waals surface area contributed by atoms with E-state index in [0.717, 1.165) is 23.3 Å². The summed E-state index contributed by atoms with van der Waals surface area (Å²) >= 11 is 0. The number of fused-ring (bicyclic) bond motifs is 1. The molecule has 0 unspecified atom stereocenters. The Hall–Kier alpha value is -5.83. The molecule has 9 heteroatoms. The van der Waals surface area contributed by atoms with Gasteiger partial charge in [-0.3, -0.25) is 0 Å². The van der Waals surface area contributed by atoms with Gasteiger partial charge < -0.3 is 18.8 Å². The number of ether oxygens (including phenoxy) is 3. The zero-order valence-electron chi connectivity index (χ0n) is 25.9. The van der Waals surface area contributed by atoms with Crippen molar-refractivity contribution in [2.45, 2.75) is 26.1 Å². The topological polar surface area (TPSA) is 66.8 Å². The molecule has 6 nitrogen and oxygen atoms in total. The van der Waals surface area contributed by atoms with E-state index < -0.39 is 29.4 Å². The van der Waals surface area contributed by atoms with Crippen LogP contribution in [0.15, 0.2) is 127 Å². The van der Waals surface area contributed by atoms with Gasteiger partial charge >= 0.3 is 17.9 Å². The number of halogens is 3. The molecule has 6 rings (SSSR count). The number of carbonyl (C=O) groups is 2. The summed E-state index contributed by atoms with van der Waals surface area (Å²) in [6, 6.07) is 34.5. The number of carbonyl (C=O) groups excluding carboxylic acids is 2. The Labute approximate surface area is 274 Å². The minimum absolute atomic E-state index is 0.0137. The number of alkyl halides is 2. The lowest BCUT2D eigenvalue weighted by molar-refractivity contribution is -0.173. The molecule has 0 aliphatic rings. The van der Waals surface area contributed by atoms with Crippen molar-refractivity contribution in [3.05, 3.63) is 156 Å². The fourth-order valence-corrected chi connectivity index (χ4v) is 5.50. The highest BCUT2D eigenvalue weighted by Gasteiger charge is 2.49. The van der Waals surface area contributed by atoms with Gasteiger partial charge in [-0.25, -0.2) is 14.0 Å². The molecule has 6 aromatic rings. The average Bonchev–Trinajstić information content (AvgIpc) is 3.48. The molecule has 0 saturated carbocycles. The van der Waals surface area contributed by atoms with Crippen LogP contribution >= 0.6 is 0 Å². The normalized spacial score (nSPS) is 11.3. The first-order valence-corrected chi connectivity index (χ1v) is 15.2. The maximum atomic E-state index is 16.5. The van der Waals surface area contributed by atoms with Gasteiger partial charge in [0.15, 0.2) is 0 Å². The van der Waals surface area contributed by atoms with Crippen LogP contribution in [0.25, 0.3) is 27.7 Å². The van der Waals surface area contributed by atoms with Crippen molar-refractivity contribution in [2.24, 2.45) is 0 Å². The molecule has 0 aliphatic heterocycles. The molecule has 0 amide bonds. The summed E-state index contributed by atoms with van der Waals surface area (Å²) in [7, 11) is 0. The monoisotopic (exact) mass is 649 g/mol. The number of rotatable bonds is 11. The molecule has 5 aromatic carbocycles. The zero-order valence-corrected chi connectivity index (χ0v) is 25.9. The van der Waals surface area contributed by atoms with Gasteiger partial charge in [0, 0.05) is 11.3 Å². The third-order valence-corrected chi connectivity index (χ3v) is 7.73. The molecule has 0 N–H and O–H groups in total. The maximum absolute atomic E-state index is 16.5. The Morgan fingerprint density at radius 1 is 0.708 bits per heavy atom. The first-order chi connectivity index (χ1) is 23.3. The summed E-state index contributed by atoms with van der Waals surface area (Å²) in [5.41, 5.74) is 1.90. The highest BCUT2D eigenvalue weighted by atomic mass is 19.3. The van der Waals surface area contributed by atoms with Gasteiger partial charge in [-0.05, 0) is 72.1 Å². The highest BCUT2D eigenvalue weighted by molar-refractivity contribution is 6.05. The Morgan fingerprint density at radius 2 is 1.33 bits per heavy atom. The zero-order chi connectivity index (χ0) is 33.7. The number of aromatic nitrogens is 1. The van der Waals surface area contributed by atoms with Crippen LogP contribution in [0, 0.1) is 5.82 Å². The number of nitrogens with zero attached hydrogens (tertiary/aromatic N) is 1. The Morgan fingerprint density at radius 3 is 1.96 bits per heavy atom. The summed E-state index contributed by atoms with van der Waals surface area (Å²) in [6.07, 6.45) is 0. The van der Waals surface area contributed by atoms with E-state index in [1.165, 1.54) is 47.9 Å². The minimum Gasteiger partial charge on any atom is -0.488 e. The van der Waals surface area contributed by atoms with Gasteiger partial charge in [-0.1, -0.05) is 78.9 Å². The number of hydrogen-bond donors (Lipinski definition) is 0. The highest BCUT2D eigenvalue weighted by Crippen LogP contribution is 2.48. The van der Waals surface area contributed by atoms with Crippen LogP contribution in [0.5, 0.6) is 5.75 Å². The first-order valence-electron chi connectivity index (χ1n) is 15.2. The predicted octanol–water partition coefficient (Wildman–Crippen LogP) is 9.03. The fraction of sp³-hybridized carbons (Fsp3) is 0.128. The molecule has 0 atom stereocenters. The van der Waals surface area contributed by atoms with Crippen LogP contribution < -0.4 is 4.74 Å². The standard InChI is InChI=1S/C39H30F3NO5/c1-2-46-38(45)39(41,42)36-34(28-16-18-29(19-17-28)37(44)48-25-27-12-7-4-8-13-27)35-32(43(36)31-22-20-30(40)21-23-31)14-9-15-33(35)47-24-26-10-5-3-6-11-26/h3-23H,2,24-25H2,1H3. The summed E-state index contributed by atoms with van der Waals surface area (Å²) in [6.45, 7) is 1.36. The van der Waals surface area contributed by atoms with E-state index in [4.69, 9.17) is 14.2 Å². The van der Waals surface area contributed by atoms with Crippen LogP contribution in [-0.2, 0) is 33.4 Å². The van der Waals surface area contributed by atoms with Crippen molar-refractivity contribution >= 4 is 22.8 Å². The summed E-state index contributed by atoms with van der Waals surface area (Å²) in [5, 5.41) is 0.288. The lowest BCUT2D eigenvalue weighted by Crippen LogP contribution is -2.31. The lowest BCUT2D eigenvalue weighted by Gasteiger charge is -2.20. The molecule has 0 radical (unpaired) electrons. The van der Waals surface area contributed by atoms with Crippen LogP contribution in [0.4, 0.5) is 13.2 Å². The van der Waals surface area contributed by atoms with E-state index in [9.17, 15) is 14.0 Å². The van der Waals surface area contributed by atoms with E-state index in [0.29, 0.717) is 0 Å². The summed E-state index contributed by atoms with van der Waals surface area (Å²) in [5.74, 6) is -6.79. The van der Waals surface area contributed by atoms with Crippen molar-refractivity contribution in [3.63, 3.8) is 0 Å². The average molecular weight is 650 g/mol. The number of hydrogen-bond acceptors (Lipinski definition) is 5. The molecular weight excluding hydrogens is 619 g/mol. The Bertz CT molecular complexity index is 2040. The second-order valence-corrected chi connectivity index (χ2v) is 10.9. The van der Waals surface area contributed by atoms with Crippen molar-refractivity contribution in [1.82, 2.24) is 4.57 Å². The molecule has 0 spiro atoms. The molecule has 0 saturated heterocycles. The van der Waals surface area contributed by atoms with E-state index in [-0.39, 0.29) is 58.9 Å². The quantitative estimate of drug-likeness (QED) is 0.131. The third-order valence-electron chi connectivity index (χ3n) is 7.73. The second-order valence-electron chi connectivity index (χ2n) is 10.9. The van der Waals surface area contributed by atoms with Crippen molar-refractivity contribution in [1.29, 1.82) is 0 Å². The van der Waals surface area contributed by atoms with Gasteiger partial charge in [0.1, 0.15) is 30.5 Å². The van der Waals surface area contributed by atoms with Crippen molar-refractivity contribution in [2.75, 3.05) is 6.61 Å². The molecule has 0 aliphatic carbocycles. The van der Waals surface area contributed by atoms with E-state index in [1.807, 2.05) is 60.7 Å². The van der Waals surface area contributed by atoms with E-state index in [2.05, 4.69) is 0 Å². The lowest BCUT2D eigenvalue weighted by atomic mass is 9.97. The number of esters is 2. The minimum atomic E-state index is -4.16. The van der Waals surface area contributed by atoms with Gasteiger partial charge in [0.2, 0.25) is 0 Å². The third kappa shape index (κ3) is 6.53. The van der Waals surface area contributed by atoms with Crippen LogP contribution in [-0.4, -0.2) is 23.1 Å². The largest absolute Gasteiger partial charge is 0.488 e. The molecule has 1 heterocycles. The van der Waals surface area contributed by atoms with Gasteiger partial charge in [-0.15, -0.1) is 0 Å². The van der Waals surface area contributed by atoms with E-state index >= 15 is 8.78 Å². The van der Waals surface area contributed by atoms with Crippen LogP contribution in [0.3, 0.4) is 0 Å². The Kier molecular flexibility index (Phi) is 9.29. The molecular formula is C39H30F3NO5. The Balaban J connectivity index is 1.53. The predicted molar refractivity (Wildman–Crippen MR) is 176 cm³/mol. The fourth-order valence-electron chi connectivity index (χ4n) is 5.50. The first kappa shape index (κ1) is 32.1. The molecule has 48 heavy (non-hydrogen) atoms.